The van der Waals surface area contributed by atoms with Gasteiger partial charge in [0.25, 0.3) is 0 Å². The van der Waals surface area contributed by atoms with Crippen molar-refractivity contribution < 1.29 is 9.18 Å². The molecule has 19 heavy (non-hydrogen) atoms. The van der Waals surface area contributed by atoms with Crippen LogP contribution in [0, 0.1) is 5.82 Å². The summed E-state index contributed by atoms with van der Waals surface area (Å²) < 4.78 is 13.5. The first-order valence-electron chi connectivity index (χ1n) is 6.33. The number of carbonyl (C=O) groups excluding carboxylic acids is 1. The molecule has 2 N–H and O–H groups in total. The second kappa shape index (κ2) is 6.84. The molecule has 104 valence electrons. The van der Waals surface area contributed by atoms with Gasteiger partial charge in [-0.3, -0.25) is 9.69 Å². The standard InChI is InChI=1S/C13H17ClFN3O/c14-10-2-3-12(11(15)8-10)17-13(19)9-18-6-1-4-16-5-7-18/h2-3,8,16H,1,4-7,9H2,(H,17,19). The summed E-state index contributed by atoms with van der Waals surface area (Å²) in [6, 6.07) is 4.21. The Bertz CT molecular complexity index is 448. The van der Waals surface area contributed by atoms with Gasteiger partial charge in [-0.05, 0) is 37.7 Å². The third kappa shape index (κ3) is 4.45. The topological polar surface area (TPSA) is 44.4 Å². The first-order valence-corrected chi connectivity index (χ1v) is 6.71. The molecule has 1 amide bonds. The van der Waals surface area contributed by atoms with Crippen molar-refractivity contribution >= 4 is 23.2 Å². The highest BCUT2D eigenvalue weighted by Gasteiger charge is 2.14. The van der Waals surface area contributed by atoms with Crippen molar-refractivity contribution in [2.75, 3.05) is 38.0 Å². The molecule has 1 aromatic rings. The average molecular weight is 286 g/mol. The summed E-state index contributed by atoms with van der Waals surface area (Å²) in [5, 5.41) is 6.15. The van der Waals surface area contributed by atoms with Crippen LogP contribution in [-0.4, -0.2) is 43.5 Å². The van der Waals surface area contributed by atoms with E-state index in [0.29, 0.717) is 5.02 Å². The molecule has 0 aliphatic carbocycles. The largest absolute Gasteiger partial charge is 0.322 e. The molecule has 0 unspecified atom stereocenters. The maximum atomic E-state index is 13.5. The lowest BCUT2D eigenvalue weighted by molar-refractivity contribution is -0.117. The Morgan fingerprint density at radius 2 is 2.26 bits per heavy atom. The predicted octanol–water partition coefficient (Wildman–Crippen LogP) is 1.71. The molecule has 0 radical (unpaired) electrons. The van der Waals surface area contributed by atoms with Gasteiger partial charge in [-0.1, -0.05) is 11.6 Å². The number of anilines is 1. The van der Waals surface area contributed by atoms with E-state index in [-0.39, 0.29) is 18.1 Å². The van der Waals surface area contributed by atoms with E-state index in [1.807, 2.05) is 0 Å². The van der Waals surface area contributed by atoms with Gasteiger partial charge in [-0.2, -0.15) is 0 Å². The lowest BCUT2D eigenvalue weighted by Crippen LogP contribution is -2.35. The maximum Gasteiger partial charge on any atom is 0.238 e. The molecular weight excluding hydrogens is 269 g/mol. The van der Waals surface area contributed by atoms with Gasteiger partial charge in [0.1, 0.15) is 5.82 Å². The van der Waals surface area contributed by atoms with Crippen molar-refractivity contribution in [2.24, 2.45) is 0 Å². The van der Waals surface area contributed by atoms with Crippen LogP contribution >= 0.6 is 11.6 Å². The van der Waals surface area contributed by atoms with Crippen molar-refractivity contribution in [3.63, 3.8) is 0 Å². The van der Waals surface area contributed by atoms with Gasteiger partial charge in [-0.25, -0.2) is 4.39 Å². The summed E-state index contributed by atoms with van der Waals surface area (Å²) >= 11 is 5.66. The molecule has 0 spiro atoms. The van der Waals surface area contributed by atoms with Crippen LogP contribution < -0.4 is 10.6 Å². The molecule has 1 fully saturated rings. The second-order valence-corrected chi connectivity index (χ2v) is 4.99. The van der Waals surface area contributed by atoms with Crippen LogP contribution in [0.1, 0.15) is 6.42 Å². The SMILES string of the molecule is O=C(CN1CCCNCC1)Nc1ccc(Cl)cc1F. The predicted molar refractivity (Wildman–Crippen MR) is 74.0 cm³/mol. The van der Waals surface area contributed by atoms with Crippen LogP contribution in [-0.2, 0) is 4.79 Å². The number of nitrogens with one attached hydrogen (secondary N) is 2. The summed E-state index contributed by atoms with van der Waals surface area (Å²) in [6.07, 6.45) is 1.02. The molecule has 1 saturated heterocycles. The number of nitrogens with zero attached hydrogens (tertiary/aromatic N) is 1. The Balaban J connectivity index is 1.89. The fraction of sp³-hybridized carbons (Fsp3) is 0.462. The van der Waals surface area contributed by atoms with Crippen LogP contribution in [0.25, 0.3) is 0 Å². The highest BCUT2D eigenvalue weighted by atomic mass is 35.5. The molecule has 2 rings (SSSR count). The number of hydrogen-bond donors (Lipinski definition) is 2. The highest BCUT2D eigenvalue weighted by molar-refractivity contribution is 6.30. The molecular formula is C13H17ClFN3O. The molecule has 0 saturated carbocycles. The van der Waals surface area contributed by atoms with Gasteiger partial charge in [0.15, 0.2) is 0 Å². The van der Waals surface area contributed by atoms with Crippen molar-refractivity contribution in [2.45, 2.75) is 6.42 Å². The van der Waals surface area contributed by atoms with E-state index in [1.54, 1.807) is 6.07 Å². The van der Waals surface area contributed by atoms with Crippen LogP contribution in [0.2, 0.25) is 5.02 Å². The Labute approximate surface area is 116 Å². The van der Waals surface area contributed by atoms with E-state index >= 15 is 0 Å². The molecule has 1 heterocycles. The highest BCUT2D eigenvalue weighted by Crippen LogP contribution is 2.18. The monoisotopic (exact) mass is 285 g/mol. The van der Waals surface area contributed by atoms with Crippen LogP contribution in [0.4, 0.5) is 10.1 Å². The number of hydrogen-bond acceptors (Lipinski definition) is 3. The summed E-state index contributed by atoms with van der Waals surface area (Å²) in [5.74, 6) is -0.721. The molecule has 1 aromatic carbocycles. The Kier molecular flexibility index (Phi) is 5.13. The molecule has 4 nitrogen and oxygen atoms in total. The van der Waals surface area contributed by atoms with Gasteiger partial charge in [0, 0.05) is 18.1 Å². The van der Waals surface area contributed by atoms with Gasteiger partial charge >= 0.3 is 0 Å². The Morgan fingerprint density at radius 3 is 3.05 bits per heavy atom. The normalized spacial score (nSPS) is 16.9. The van der Waals surface area contributed by atoms with Gasteiger partial charge in [0.2, 0.25) is 5.91 Å². The number of rotatable bonds is 3. The zero-order valence-corrected chi connectivity index (χ0v) is 11.3. The van der Waals surface area contributed by atoms with E-state index in [2.05, 4.69) is 15.5 Å². The number of benzene rings is 1. The fourth-order valence-electron chi connectivity index (χ4n) is 2.04. The number of halogens is 2. The van der Waals surface area contributed by atoms with Crippen LogP contribution in [0.3, 0.4) is 0 Å². The third-order valence-corrected chi connectivity index (χ3v) is 3.24. The van der Waals surface area contributed by atoms with Crippen molar-refractivity contribution in [1.29, 1.82) is 0 Å². The van der Waals surface area contributed by atoms with Crippen molar-refractivity contribution in [1.82, 2.24) is 10.2 Å². The van der Waals surface area contributed by atoms with E-state index in [9.17, 15) is 9.18 Å². The van der Waals surface area contributed by atoms with E-state index in [1.165, 1.54) is 12.1 Å². The number of carbonyl (C=O) groups is 1. The summed E-state index contributed by atoms with van der Waals surface area (Å²) in [4.78, 5) is 13.9. The lowest BCUT2D eigenvalue weighted by Gasteiger charge is -2.18. The smallest absolute Gasteiger partial charge is 0.238 e. The first kappa shape index (κ1) is 14.2. The zero-order chi connectivity index (χ0) is 13.7. The van der Waals surface area contributed by atoms with Crippen molar-refractivity contribution in [3.05, 3.63) is 29.0 Å². The minimum atomic E-state index is -0.515. The summed E-state index contributed by atoms with van der Waals surface area (Å²) in [5.41, 5.74) is 0.169. The Morgan fingerprint density at radius 1 is 1.42 bits per heavy atom. The first-order chi connectivity index (χ1) is 9.15. The van der Waals surface area contributed by atoms with E-state index in [4.69, 9.17) is 11.6 Å². The van der Waals surface area contributed by atoms with E-state index < -0.39 is 5.82 Å². The maximum absolute atomic E-state index is 13.5. The molecule has 6 heteroatoms. The molecule has 1 aliphatic heterocycles. The Hall–Kier alpha value is -1.17. The summed E-state index contributed by atoms with van der Waals surface area (Å²) in [6.45, 7) is 3.84. The van der Waals surface area contributed by atoms with Crippen molar-refractivity contribution in [3.8, 4) is 0 Å². The lowest BCUT2D eigenvalue weighted by atomic mass is 10.3. The van der Waals surface area contributed by atoms with Crippen LogP contribution in [0.15, 0.2) is 18.2 Å². The third-order valence-electron chi connectivity index (χ3n) is 3.01. The van der Waals surface area contributed by atoms with Gasteiger partial charge in [0.05, 0.1) is 12.2 Å². The second-order valence-electron chi connectivity index (χ2n) is 4.55. The minimum Gasteiger partial charge on any atom is -0.322 e. The quantitative estimate of drug-likeness (QED) is 0.889. The molecule has 0 atom stereocenters. The molecule has 0 bridgehead atoms. The zero-order valence-electron chi connectivity index (χ0n) is 10.6. The molecule has 0 aromatic heterocycles. The van der Waals surface area contributed by atoms with E-state index in [0.717, 1.165) is 32.6 Å². The number of amides is 1. The van der Waals surface area contributed by atoms with Gasteiger partial charge < -0.3 is 10.6 Å². The molecule has 1 aliphatic rings. The van der Waals surface area contributed by atoms with Gasteiger partial charge in [-0.15, -0.1) is 0 Å². The average Bonchev–Trinajstić information content (AvgIpc) is 2.61. The summed E-state index contributed by atoms with van der Waals surface area (Å²) in [7, 11) is 0. The minimum absolute atomic E-state index is 0.169. The van der Waals surface area contributed by atoms with Crippen LogP contribution in [0.5, 0.6) is 0 Å². The fourth-order valence-corrected chi connectivity index (χ4v) is 2.20.